The van der Waals surface area contributed by atoms with Gasteiger partial charge in [-0.2, -0.15) is 4.98 Å². The lowest BCUT2D eigenvalue weighted by atomic mass is 10.2. The molecule has 0 radical (unpaired) electrons. The first-order chi connectivity index (χ1) is 12.3. The Morgan fingerprint density at radius 1 is 1.20 bits per heavy atom. The van der Waals surface area contributed by atoms with Gasteiger partial charge in [-0.15, -0.1) is 11.3 Å². The first kappa shape index (κ1) is 15.9. The van der Waals surface area contributed by atoms with E-state index in [0.29, 0.717) is 36.9 Å². The van der Waals surface area contributed by atoms with Crippen LogP contribution in [0.5, 0.6) is 0 Å². The van der Waals surface area contributed by atoms with Gasteiger partial charge in [-0.1, -0.05) is 11.2 Å². The zero-order valence-electron chi connectivity index (χ0n) is 13.5. The first-order valence-electron chi connectivity index (χ1n) is 8.08. The molecule has 3 aromatic rings. The Kier molecular flexibility index (Phi) is 4.53. The fraction of sp³-hybridized carbons (Fsp3) is 0.294. The van der Waals surface area contributed by atoms with Gasteiger partial charge >= 0.3 is 0 Å². The SMILES string of the molecule is O=C(c1cccnc1)N1CCN(Cc2noc(-c3cccs3)n2)CC1. The lowest BCUT2D eigenvalue weighted by Crippen LogP contribution is -2.48. The topological polar surface area (TPSA) is 75.4 Å². The van der Waals surface area contributed by atoms with Crippen molar-refractivity contribution in [1.82, 2.24) is 24.9 Å². The number of carbonyl (C=O) groups is 1. The molecule has 0 N–H and O–H groups in total. The molecule has 3 aromatic heterocycles. The third-order valence-corrected chi connectivity index (χ3v) is 4.99. The van der Waals surface area contributed by atoms with Crippen LogP contribution in [0.1, 0.15) is 16.2 Å². The van der Waals surface area contributed by atoms with E-state index in [1.165, 1.54) is 0 Å². The summed E-state index contributed by atoms with van der Waals surface area (Å²) >= 11 is 1.58. The summed E-state index contributed by atoms with van der Waals surface area (Å²) in [7, 11) is 0. The quantitative estimate of drug-likeness (QED) is 0.714. The highest BCUT2D eigenvalue weighted by Gasteiger charge is 2.23. The first-order valence-corrected chi connectivity index (χ1v) is 8.96. The van der Waals surface area contributed by atoms with Crippen LogP contribution < -0.4 is 0 Å². The minimum absolute atomic E-state index is 0.0345. The van der Waals surface area contributed by atoms with E-state index in [0.717, 1.165) is 18.0 Å². The summed E-state index contributed by atoms with van der Waals surface area (Å²) in [6, 6.07) is 7.51. The van der Waals surface area contributed by atoms with Crippen molar-refractivity contribution < 1.29 is 9.32 Å². The Morgan fingerprint density at radius 2 is 2.08 bits per heavy atom. The highest BCUT2D eigenvalue weighted by Crippen LogP contribution is 2.22. The standard InChI is InChI=1S/C17H17N5O2S/c23-17(13-3-1-5-18-11-13)22-8-6-21(7-9-22)12-15-19-16(24-20-15)14-4-2-10-25-14/h1-5,10-11H,6-9,12H2. The number of carbonyl (C=O) groups excluding carboxylic acids is 1. The van der Waals surface area contributed by atoms with Gasteiger partial charge in [0.05, 0.1) is 17.0 Å². The molecule has 0 aromatic carbocycles. The molecular formula is C17H17N5O2S. The minimum Gasteiger partial charge on any atom is -0.336 e. The maximum Gasteiger partial charge on any atom is 0.268 e. The summed E-state index contributed by atoms with van der Waals surface area (Å²) < 4.78 is 5.32. The molecule has 4 rings (SSSR count). The van der Waals surface area contributed by atoms with Crippen molar-refractivity contribution in [3.05, 3.63) is 53.4 Å². The molecule has 1 aliphatic heterocycles. The van der Waals surface area contributed by atoms with Crippen molar-refractivity contribution in [2.45, 2.75) is 6.54 Å². The number of thiophene rings is 1. The summed E-state index contributed by atoms with van der Waals surface area (Å²) in [5, 5.41) is 6.04. The van der Waals surface area contributed by atoms with Crippen LogP contribution >= 0.6 is 11.3 Å². The molecule has 1 aliphatic rings. The predicted molar refractivity (Wildman–Crippen MR) is 93.0 cm³/mol. The smallest absolute Gasteiger partial charge is 0.268 e. The zero-order chi connectivity index (χ0) is 17.1. The molecule has 1 saturated heterocycles. The van der Waals surface area contributed by atoms with Crippen LogP contribution in [-0.2, 0) is 6.54 Å². The number of nitrogens with zero attached hydrogens (tertiary/aromatic N) is 5. The average molecular weight is 355 g/mol. The third kappa shape index (κ3) is 3.59. The fourth-order valence-corrected chi connectivity index (χ4v) is 3.44. The largest absolute Gasteiger partial charge is 0.336 e. The number of piperazine rings is 1. The van der Waals surface area contributed by atoms with E-state index in [2.05, 4.69) is 20.0 Å². The second-order valence-electron chi connectivity index (χ2n) is 5.80. The molecular weight excluding hydrogens is 338 g/mol. The number of rotatable bonds is 4. The number of pyridine rings is 1. The van der Waals surface area contributed by atoms with Gasteiger partial charge in [0.25, 0.3) is 11.8 Å². The van der Waals surface area contributed by atoms with Gasteiger partial charge in [0, 0.05) is 38.6 Å². The molecule has 1 fully saturated rings. The Bertz CT molecular complexity index is 826. The van der Waals surface area contributed by atoms with E-state index in [4.69, 9.17) is 4.52 Å². The van der Waals surface area contributed by atoms with Crippen LogP contribution in [0.15, 0.2) is 46.6 Å². The van der Waals surface area contributed by atoms with Crippen molar-refractivity contribution in [3.8, 4) is 10.8 Å². The maximum atomic E-state index is 12.4. The molecule has 0 unspecified atom stereocenters. The summed E-state index contributed by atoms with van der Waals surface area (Å²) in [5.41, 5.74) is 0.634. The Morgan fingerprint density at radius 3 is 2.80 bits per heavy atom. The van der Waals surface area contributed by atoms with Gasteiger partial charge in [0.1, 0.15) is 0 Å². The van der Waals surface area contributed by atoms with Crippen molar-refractivity contribution >= 4 is 17.2 Å². The zero-order valence-corrected chi connectivity index (χ0v) is 14.4. The van der Waals surface area contributed by atoms with Crippen molar-refractivity contribution in [2.75, 3.05) is 26.2 Å². The van der Waals surface area contributed by atoms with Crippen LogP contribution in [-0.4, -0.2) is 57.0 Å². The van der Waals surface area contributed by atoms with E-state index in [1.807, 2.05) is 22.4 Å². The molecule has 0 atom stereocenters. The molecule has 8 heteroatoms. The highest BCUT2D eigenvalue weighted by molar-refractivity contribution is 7.13. The fourth-order valence-electron chi connectivity index (χ4n) is 2.80. The molecule has 0 bridgehead atoms. The van der Waals surface area contributed by atoms with E-state index >= 15 is 0 Å². The Hall–Kier alpha value is -2.58. The van der Waals surface area contributed by atoms with Gasteiger partial charge < -0.3 is 9.42 Å². The second-order valence-corrected chi connectivity index (χ2v) is 6.75. The van der Waals surface area contributed by atoms with E-state index in [9.17, 15) is 4.79 Å². The van der Waals surface area contributed by atoms with E-state index < -0.39 is 0 Å². The minimum atomic E-state index is 0.0345. The Labute approximate surface area is 148 Å². The predicted octanol–water partition coefficient (Wildman–Crippen LogP) is 2.15. The molecule has 1 amide bonds. The van der Waals surface area contributed by atoms with Crippen molar-refractivity contribution in [1.29, 1.82) is 0 Å². The van der Waals surface area contributed by atoms with Gasteiger partial charge in [0.2, 0.25) is 0 Å². The van der Waals surface area contributed by atoms with Crippen LogP contribution in [0.4, 0.5) is 0 Å². The maximum absolute atomic E-state index is 12.4. The molecule has 7 nitrogen and oxygen atoms in total. The van der Waals surface area contributed by atoms with Crippen LogP contribution in [0.3, 0.4) is 0 Å². The lowest BCUT2D eigenvalue weighted by molar-refractivity contribution is 0.0624. The van der Waals surface area contributed by atoms with E-state index in [1.54, 1.807) is 35.9 Å². The number of hydrogen-bond acceptors (Lipinski definition) is 7. The van der Waals surface area contributed by atoms with Crippen LogP contribution in [0.25, 0.3) is 10.8 Å². The molecule has 25 heavy (non-hydrogen) atoms. The normalized spacial score (nSPS) is 15.4. The van der Waals surface area contributed by atoms with Crippen molar-refractivity contribution in [3.63, 3.8) is 0 Å². The van der Waals surface area contributed by atoms with Gasteiger partial charge in [-0.25, -0.2) is 0 Å². The summed E-state index contributed by atoms with van der Waals surface area (Å²) in [6.07, 6.45) is 3.28. The molecule has 0 saturated carbocycles. The van der Waals surface area contributed by atoms with Gasteiger partial charge in [0.15, 0.2) is 5.82 Å². The molecule has 0 spiro atoms. The van der Waals surface area contributed by atoms with E-state index in [-0.39, 0.29) is 5.91 Å². The number of hydrogen-bond donors (Lipinski definition) is 0. The molecule has 4 heterocycles. The third-order valence-electron chi connectivity index (χ3n) is 4.13. The van der Waals surface area contributed by atoms with Crippen molar-refractivity contribution in [2.24, 2.45) is 0 Å². The molecule has 0 aliphatic carbocycles. The number of aromatic nitrogens is 3. The van der Waals surface area contributed by atoms with Crippen LogP contribution in [0.2, 0.25) is 0 Å². The Balaban J connectivity index is 1.33. The van der Waals surface area contributed by atoms with Gasteiger partial charge in [-0.05, 0) is 23.6 Å². The van der Waals surface area contributed by atoms with Crippen LogP contribution in [0, 0.1) is 0 Å². The number of amides is 1. The highest BCUT2D eigenvalue weighted by atomic mass is 32.1. The summed E-state index contributed by atoms with van der Waals surface area (Å²) in [4.78, 5) is 26.0. The lowest BCUT2D eigenvalue weighted by Gasteiger charge is -2.34. The monoisotopic (exact) mass is 355 g/mol. The summed E-state index contributed by atoms with van der Waals surface area (Å²) in [5.74, 6) is 1.28. The van der Waals surface area contributed by atoms with Gasteiger partial charge in [-0.3, -0.25) is 14.7 Å². The summed E-state index contributed by atoms with van der Waals surface area (Å²) in [6.45, 7) is 3.57. The average Bonchev–Trinajstić information content (AvgIpc) is 3.34. The second kappa shape index (κ2) is 7.12. The molecule has 128 valence electrons.